The van der Waals surface area contributed by atoms with Gasteiger partial charge < -0.3 is 10.5 Å². The fourth-order valence-electron chi connectivity index (χ4n) is 1.55. The third-order valence-electron chi connectivity index (χ3n) is 2.46. The van der Waals surface area contributed by atoms with Crippen molar-refractivity contribution in [2.45, 2.75) is 4.90 Å². The quantitative estimate of drug-likeness (QED) is 0.414. The van der Waals surface area contributed by atoms with E-state index in [9.17, 15) is 0 Å². The van der Waals surface area contributed by atoms with Crippen LogP contribution in [0.2, 0.25) is 10.0 Å². The average molecular weight is 393 g/mol. The molecule has 0 spiro atoms. The molecule has 2 aromatic carbocycles. The minimum atomic E-state index is 0.576. The summed E-state index contributed by atoms with van der Waals surface area (Å²) in [4.78, 5) is 1.01. The Labute approximate surface area is 140 Å². The molecule has 2 nitrogen and oxygen atoms in total. The molecule has 0 unspecified atom stereocenters. The number of nitrogens with two attached hydrogens (primary N) is 1. The standard InChI is InChI=1S/C14H12BrCl2NOS/c15-11-7-9(16)1-3-13(11)19-5-6-20-14-4-2-10(17)8-12(14)18/h1-4,7-8H,5-6,18H2. The summed E-state index contributed by atoms with van der Waals surface area (Å²) in [6.45, 7) is 0.576. The molecule has 0 aliphatic heterocycles. The maximum absolute atomic E-state index is 5.89. The van der Waals surface area contributed by atoms with E-state index in [1.807, 2.05) is 18.2 Å². The average Bonchev–Trinajstić information content (AvgIpc) is 2.39. The highest BCUT2D eigenvalue weighted by Crippen LogP contribution is 2.30. The van der Waals surface area contributed by atoms with E-state index in [1.54, 1.807) is 30.0 Å². The van der Waals surface area contributed by atoms with Crippen molar-refractivity contribution < 1.29 is 4.74 Å². The highest BCUT2D eigenvalue weighted by atomic mass is 79.9. The van der Waals surface area contributed by atoms with Crippen LogP contribution in [0.5, 0.6) is 5.75 Å². The van der Waals surface area contributed by atoms with Gasteiger partial charge in [0.05, 0.1) is 11.1 Å². The number of nitrogen functional groups attached to an aromatic ring is 1. The highest BCUT2D eigenvalue weighted by Gasteiger charge is 2.04. The minimum absolute atomic E-state index is 0.576. The lowest BCUT2D eigenvalue weighted by molar-refractivity contribution is 0.342. The van der Waals surface area contributed by atoms with Gasteiger partial charge in [0.1, 0.15) is 5.75 Å². The SMILES string of the molecule is Nc1cc(Cl)ccc1SCCOc1ccc(Cl)cc1Br. The van der Waals surface area contributed by atoms with Crippen molar-refractivity contribution in [1.29, 1.82) is 0 Å². The lowest BCUT2D eigenvalue weighted by Gasteiger charge is -2.09. The molecular weight excluding hydrogens is 381 g/mol. The van der Waals surface area contributed by atoms with Crippen molar-refractivity contribution >= 4 is 56.6 Å². The molecule has 0 aliphatic rings. The summed E-state index contributed by atoms with van der Waals surface area (Å²) in [5, 5.41) is 1.32. The van der Waals surface area contributed by atoms with Gasteiger partial charge in [0.2, 0.25) is 0 Å². The van der Waals surface area contributed by atoms with Crippen molar-refractivity contribution in [2.24, 2.45) is 0 Å². The molecule has 20 heavy (non-hydrogen) atoms. The van der Waals surface area contributed by atoms with Gasteiger partial charge in [-0.1, -0.05) is 23.2 Å². The molecule has 6 heteroatoms. The third-order valence-corrected chi connectivity index (χ3v) is 4.61. The van der Waals surface area contributed by atoms with Gasteiger partial charge in [0, 0.05) is 26.4 Å². The van der Waals surface area contributed by atoms with Crippen LogP contribution in [0.3, 0.4) is 0 Å². The van der Waals surface area contributed by atoms with Gasteiger partial charge in [-0.25, -0.2) is 0 Å². The molecule has 0 aliphatic carbocycles. The van der Waals surface area contributed by atoms with Crippen LogP contribution in [0.4, 0.5) is 5.69 Å². The number of benzene rings is 2. The number of anilines is 1. The predicted molar refractivity (Wildman–Crippen MR) is 91.2 cm³/mol. The molecule has 0 bridgehead atoms. The largest absolute Gasteiger partial charge is 0.492 e. The zero-order valence-corrected chi connectivity index (χ0v) is 14.3. The predicted octanol–water partition coefficient (Wildman–Crippen LogP) is 5.51. The van der Waals surface area contributed by atoms with E-state index < -0.39 is 0 Å². The Hall–Kier alpha value is -0.550. The molecule has 0 fully saturated rings. The van der Waals surface area contributed by atoms with Crippen molar-refractivity contribution in [3.05, 3.63) is 50.9 Å². The summed E-state index contributed by atoms with van der Waals surface area (Å²) in [7, 11) is 0. The first-order chi connectivity index (χ1) is 9.56. The summed E-state index contributed by atoms with van der Waals surface area (Å²) in [6, 6.07) is 10.9. The minimum Gasteiger partial charge on any atom is -0.492 e. The monoisotopic (exact) mass is 391 g/mol. The zero-order valence-electron chi connectivity index (χ0n) is 10.4. The van der Waals surface area contributed by atoms with E-state index in [-0.39, 0.29) is 0 Å². The fourth-order valence-corrected chi connectivity index (χ4v) is 3.30. The van der Waals surface area contributed by atoms with Crippen LogP contribution in [0.15, 0.2) is 45.8 Å². The van der Waals surface area contributed by atoms with Crippen molar-refractivity contribution in [2.75, 3.05) is 18.1 Å². The lowest BCUT2D eigenvalue weighted by atomic mass is 10.3. The number of ether oxygens (including phenoxy) is 1. The van der Waals surface area contributed by atoms with Crippen molar-refractivity contribution in [3.63, 3.8) is 0 Å². The molecule has 0 heterocycles. The van der Waals surface area contributed by atoms with Gasteiger partial charge in [-0.3, -0.25) is 0 Å². The summed E-state index contributed by atoms with van der Waals surface area (Å²) in [5.74, 6) is 1.57. The third kappa shape index (κ3) is 4.48. The maximum atomic E-state index is 5.89. The highest BCUT2D eigenvalue weighted by molar-refractivity contribution is 9.10. The van der Waals surface area contributed by atoms with Crippen LogP contribution in [-0.2, 0) is 0 Å². The molecule has 0 amide bonds. The summed E-state index contributed by atoms with van der Waals surface area (Å²) in [6.07, 6.45) is 0. The number of hydrogen-bond acceptors (Lipinski definition) is 3. The summed E-state index contributed by atoms with van der Waals surface area (Å²) < 4.78 is 6.53. The fraction of sp³-hybridized carbons (Fsp3) is 0.143. The topological polar surface area (TPSA) is 35.2 Å². The van der Waals surface area contributed by atoms with Crippen LogP contribution in [0.25, 0.3) is 0 Å². The molecule has 2 rings (SSSR count). The van der Waals surface area contributed by atoms with Crippen LogP contribution in [-0.4, -0.2) is 12.4 Å². The van der Waals surface area contributed by atoms with Gasteiger partial charge in [0.25, 0.3) is 0 Å². The van der Waals surface area contributed by atoms with E-state index in [0.717, 1.165) is 20.9 Å². The van der Waals surface area contributed by atoms with Crippen LogP contribution in [0, 0.1) is 0 Å². The van der Waals surface area contributed by atoms with Crippen molar-refractivity contribution in [3.8, 4) is 5.75 Å². The molecule has 0 saturated heterocycles. The molecule has 0 saturated carbocycles. The Balaban J connectivity index is 1.84. The first-order valence-corrected chi connectivity index (χ1v) is 8.35. The van der Waals surface area contributed by atoms with Gasteiger partial charge in [-0.2, -0.15) is 0 Å². The zero-order chi connectivity index (χ0) is 14.5. The normalized spacial score (nSPS) is 10.6. The maximum Gasteiger partial charge on any atom is 0.133 e. The number of hydrogen-bond donors (Lipinski definition) is 1. The number of halogens is 3. The van der Waals surface area contributed by atoms with E-state index in [1.165, 1.54) is 0 Å². The first kappa shape index (κ1) is 15.8. The number of rotatable bonds is 5. The molecule has 0 aromatic heterocycles. The Morgan fingerprint density at radius 2 is 1.80 bits per heavy atom. The van der Waals surface area contributed by atoms with E-state index >= 15 is 0 Å². The van der Waals surface area contributed by atoms with Crippen LogP contribution < -0.4 is 10.5 Å². The van der Waals surface area contributed by atoms with E-state index in [4.69, 9.17) is 33.7 Å². The summed E-state index contributed by atoms with van der Waals surface area (Å²) >= 11 is 16.8. The van der Waals surface area contributed by atoms with Gasteiger partial charge in [-0.15, -0.1) is 11.8 Å². The van der Waals surface area contributed by atoms with Crippen LogP contribution >= 0.6 is 50.9 Å². The van der Waals surface area contributed by atoms with Gasteiger partial charge in [-0.05, 0) is 52.3 Å². The van der Waals surface area contributed by atoms with E-state index in [0.29, 0.717) is 22.3 Å². The number of thioether (sulfide) groups is 1. The smallest absolute Gasteiger partial charge is 0.133 e. The second-order valence-electron chi connectivity index (χ2n) is 3.95. The Bertz CT molecular complexity index is 556. The Kier molecular flexibility index (Phi) is 5.90. The molecule has 2 N–H and O–H groups in total. The first-order valence-electron chi connectivity index (χ1n) is 5.82. The summed E-state index contributed by atoms with van der Waals surface area (Å²) in [5.41, 5.74) is 6.58. The van der Waals surface area contributed by atoms with Gasteiger partial charge >= 0.3 is 0 Å². The molecule has 0 atom stereocenters. The molecule has 2 aromatic rings. The van der Waals surface area contributed by atoms with Crippen LogP contribution in [0.1, 0.15) is 0 Å². The Morgan fingerprint density at radius 1 is 1.10 bits per heavy atom. The van der Waals surface area contributed by atoms with E-state index in [2.05, 4.69) is 15.9 Å². The van der Waals surface area contributed by atoms with Crippen molar-refractivity contribution in [1.82, 2.24) is 0 Å². The molecule has 106 valence electrons. The van der Waals surface area contributed by atoms with Gasteiger partial charge in [0.15, 0.2) is 0 Å². The lowest BCUT2D eigenvalue weighted by Crippen LogP contribution is -2.01. The Morgan fingerprint density at radius 3 is 2.50 bits per heavy atom. The second-order valence-corrected chi connectivity index (χ2v) is 6.82. The molecule has 0 radical (unpaired) electrons. The molecular formula is C14H12BrCl2NOS. The second kappa shape index (κ2) is 7.46.